The van der Waals surface area contributed by atoms with Crippen LogP contribution in [0.3, 0.4) is 0 Å². The fourth-order valence-corrected chi connectivity index (χ4v) is 3.14. The third-order valence-electron chi connectivity index (χ3n) is 4.34. The monoisotopic (exact) mass is 335 g/mol. The van der Waals surface area contributed by atoms with Crippen LogP contribution in [0.5, 0.6) is 0 Å². The fourth-order valence-electron chi connectivity index (χ4n) is 3.14. The van der Waals surface area contributed by atoms with Gasteiger partial charge in [-0.3, -0.25) is 4.79 Å². The molecule has 0 fully saturated rings. The first-order valence-electron chi connectivity index (χ1n) is 8.28. The van der Waals surface area contributed by atoms with Gasteiger partial charge in [0.25, 0.3) is 0 Å². The Morgan fingerprint density at radius 1 is 0.960 bits per heavy atom. The summed E-state index contributed by atoms with van der Waals surface area (Å²) in [5.41, 5.74) is 6.06. The third kappa shape index (κ3) is 3.27. The minimum absolute atomic E-state index is 0.0810. The van der Waals surface area contributed by atoms with Crippen LogP contribution in [-0.2, 0) is 0 Å². The lowest BCUT2D eigenvalue weighted by Gasteiger charge is -2.12. The molecule has 1 amide bonds. The van der Waals surface area contributed by atoms with E-state index in [9.17, 15) is 4.79 Å². The summed E-state index contributed by atoms with van der Waals surface area (Å²) >= 11 is 0. The number of carbonyl (C=O) groups excluding carboxylic acids is 1. The number of nitrogens with two attached hydrogens (primary N) is 1. The summed E-state index contributed by atoms with van der Waals surface area (Å²) < 4.78 is 0. The van der Waals surface area contributed by atoms with Gasteiger partial charge in [-0.2, -0.15) is 0 Å². The summed E-state index contributed by atoms with van der Waals surface area (Å²) in [6, 6.07) is 18.3. The minimum atomic E-state index is -0.377. The van der Waals surface area contributed by atoms with Crippen molar-refractivity contribution in [2.75, 3.05) is 6.61 Å². The smallest absolute Gasteiger partial charge is 0.249 e. The molecule has 0 aliphatic rings. The summed E-state index contributed by atoms with van der Waals surface area (Å²) in [7, 11) is 0. The topological polar surface area (TPSA) is 83.6 Å². The molecule has 0 heterocycles. The Hall–Kier alpha value is -2.69. The van der Waals surface area contributed by atoms with Crippen LogP contribution in [0, 0.1) is 0 Å². The molecule has 0 aromatic heterocycles. The second-order valence-electron chi connectivity index (χ2n) is 6.19. The van der Waals surface area contributed by atoms with Gasteiger partial charge >= 0.3 is 0 Å². The third-order valence-corrected chi connectivity index (χ3v) is 4.34. The highest BCUT2D eigenvalue weighted by Crippen LogP contribution is 2.35. The molecule has 0 aliphatic heterocycles. The highest BCUT2D eigenvalue weighted by molar-refractivity contribution is 6.26. The predicted molar refractivity (Wildman–Crippen MR) is 102 cm³/mol. The summed E-state index contributed by atoms with van der Waals surface area (Å²) in [6.45, 7) is 1.73. The van der Waals surface area contributed by atoms with E-state index in [4.69, 9.17) is 15.9 Å². The summed E-state index contributed by atoms with van der Waals surface area (Å²) in [5.74, 6) is -0.377. The number of carbonyl (C=O) groups is 1. The van der Waals surface area contributed by atoms with Crippen molar-refractivity contribution in [2.24, 2.45) is 5.73 Å². The van der Waals surface area contributed by atoms with Gasteiger partial charge in [0.1, 0.15) is 0 Å². The highest BCUT2D eigenvalue weighted by atomic mass is 16.3. The molecule has 0 radical (unpaired) electrons. The van der Waals surface area contributed by atoms with Crippen molar-refractivity contribution < 1.29 is 15.0 Å². The number of hydrogen-bond donors (Lipinski definition) is 3. The Labute approximate surface area is 145 Å². The second kappa shape index (κ2) is 7.05. The molecule has 1 unspecified atom stereocenters. The van der Waals surface area contributed by atoms with Gasteiger partial charge in [0.15, 0.2) is 0 Å². The Balaban J connectivity index is 0.000000265. The first-order chi connectivity index (χ1) is 12.0. The molecule has 4 aromatic carbocycles. The van der Waals surface area contributed by atoms with Crippen LogP contribution in [0.25, 0.3) is 32.3 Å². The lowest BCUT2D eigenvalue weighted by Crippen LogP contribution is -2.11. The van der Waals surface area contributed by atoms with Crippen LogP contribution in [0.2, 0.25) is 0 Å². The molecular formula is C21H21NO3. The summed E-state index contributed by atoms with van der Waals surface area (Å²) in [6.07, 6.45) is 0.134. The zero-order valence-corrected chi connectivity index (χ0v) is 14.1. The van der Waals surface area contributed by atoms with E-state index in [-0.39, 0.29) is 18.6 Å². The Morgan fingerprint density at radius 2 is 1.52 bits per heavy atom. The zero-order valence-electron chi connectivity index (χ0n) is 14.1. The van der Waals surface area contributed by atoms with Gasteiger partial charge in [-0.15, -0.1) is 0 Å². The number of primary amides is 1. The van der Waals surface area contributed by atoms with E-state index in [1.54, 1.807) is 6.92 Å². The maximum absolute atomic E-state index is 11.6. The van der Waals surface area contributed by atoms with Gasteiger partial charge in [0.05, 0.1) is 6.10 Å². The first kappa shape index (κ1) is 17.1. The van der Waals surface area contributed by atoms with Gasteiger partial charge < -0.3 is 15.9 Å². The van der Waals surface area contributed by atoms with Crippen LogP contribution in [0.15, 0.2) is 54.6 Å². The van der Waals surface area contributed by atoms with Gasteiger partial charge in [0.2, 0.25) is 5.91 Å². The fraction of sp³-hybridized carbons (Fsp3) is 0.190. The predicted octanol–water partition coefficient (Wildman–Crippen LogP) is 3.43. The standard InChI is InChI=1S/C17H11NO.C4H10O2/c18-17(19)14-9-7-12-5-4-10-2-1-3-11-6-8-13(14)16(12)15(10)11;1-4(6)2-3-5/h1-9H,(H2,18,19);4-6H,2-3H2,1H3. The van der Waals surface area contributed by atoms with Gasteiger partial charge in [-0.25, -0.2) is 0 Å². The van der Waals surface area contributed by atoms with E-state index in [0.29, 0.717) is 12.0 Å². The van der Waals surface area contributed by atoms with E-state index in [0.717, 1.165) is 16.2 Å². The Bertz CT molecular complexity index is 1010. The highest BCUT2D eigenvalue weighted by Gasteiger charge is 2.12. The molecule has 0 saturated heterocycles. The number of aliphatic hydroxyl groups is 2. The van der Waals surface area contributed by atoms with Crippen molar-refractivity contribution in [3.8, 4) is 0 Å². The molecule has 25 heavy (non-hydrogen) atoms. The van der Waals surface area contributed by atoms with Crippen LogP contribution in [-0.4, -0.2) is 28.8 Å². The molecule has 4 aromatic rings. The van der Waals surface area contributed by atoms with Gasteiger partial charge in [0, 0.05) is 12.2 Å². The average Bonchev–Trinajstić information content (AvgIpc) is 2.60. The summed E-state index contributed by atoms with van der Waals surface area (Å²) in [4.78, 5) is 11.6. The van der Waals surface area contributed by atoms with Crippen molar-refractivity contribution in [3.63, 3.8) is 0 Å². The van der Waals surface area contributed by atoms with Crippen LogP contribution in [0.1, 0.15) is 23.7 Å². The van der Waals surface area contributed by atoms with Crippen LogP contribution in [0.4, 0.5) is 0 Å². The SMILES string of the molecule is CC(O)CCO.NC(=O)c1ccc2ccc3cccc4ccc1c2c34. The number of benzene rings is 4. The van der Waals surface area contributed by atoms with Crippen molar-refractivity contribution in [1.29, 1.82) is 0 Å². The molecule has 1 atom stereocenters. The molecule has 4 heteroatoms. The number of amides is 1. The van der Waals surface area contributed by atoms with E-state index in [2.05, 4.69) is 36.4 Å². The lowest BCUT2D eigenvalue weighted by atomic mass is 9.92. The number of rotatable bonds is 3. The van der Waals surface area contributed by atoms with E-state index in [1.807, 2.05) is 18.2 Å². The molecule has 0 spiro atoms. The largest absolute Gasteiger partial charge is 0.396 e. The van der Waals surface area contributed by atoms with Crippen LogP contribution < -0.4 is 5.73 Å². The summed E-state index contributed by atoms with van der Waals surface area (Å²) in [5, 5.41) is 23.3. The molecule has 4 N–H and O–H groups in total. The van der Waals surface area contributed by atoms with Crippen molar-refractivity contribution in [1.82, 2.24) is 0 Å². The van der Waals surface area contributed by atoms with E-state index < -0.39 is 0 Å². The second-order valence-corrected chi connectivity index (χ2v) is 6.19. The molecule has 128 valence electrons. The molecule has 4 rings (SSSR count). The molecule has 4 nitrogen and oxygen atoms in total. The number of hydrogen-bond acceptors (Lipinski definition) is 3. The zero-order chi connectivity index (χ0) is 18.0. The van der Waals surface area contributed by atoms with Crippen molar-refractivity contribution in [3.05, 3.63) is 60.2 Å². The van der Waals surface area contributed by atoms with Crippen molar-refractivity contribution in [2.45, 2.75) is 19.4 Å². The van der Waals surface area contributed by atoms with Gasteiger partial charge in [-0.1, -0.05) is 48.5 Å². The maximum Gasteiger partial charge on any atom is 0.249 e. The van der Waals surface area contributed by atoms with E-state index in [1.165, 1.54) is 16.2 Å². The first-order valence-corrected chi connectivity index (χ1v) is 8.28. The Morgan fingerprint density at radius 3 is 2.04 bits per heavy atom. The van der Waals surface area contributed by atoms with Gasteiger partial charge in [-0.05, 0) is 51.7 Å². The Kier molecular flexibility index (Phi) is 4.83. The lowest BCUT2D eigenvalue weighted by molar-refractivity contribution is 0.100. The quantitative estimate of drug-likeness (QED) is 0.502. The van der Waals surface area contributed by atoms with Crippen molar-refractivity contribution >= 4 is 38.2 Å². The molecule has 0 aliphatic carbocycles. The van der Waals surface area contributed by atoms with E-state index >= 15 is 0 Å². The minimum Gasteiger partial charge on any atom is -0.396 e. The number of aliphatic hydroxyl groups excluding tert-OH is 2. The maximum atomic E-state index is 11.6. The molecular weight excluding hydrogens is 314 g/mol. The van der Waals surface area contributed by atoms with Crippen LogP contribution >= 0.6 is 0 Å². The molecule has 0 saturated carbocycles. The average molecular weight is 335 g/mol. The molecule has 0 bridgehead atoms. The normalized spacial score (nSPS) is 12.3.